The first-order valence-electron chi connectivity index (χ1n) is 14.9. The van der Waals surface area contributed by atoms with Crippen molar-refractivity contribution in [1.82, 2.24) is 9.88 Å². The van der Waals surface area contributed by atoms with Crippen molar-refractivity contribution in [3.05, 3.63) is 72.2 Å². The summed E-state index contributed by atoms with van der Waals surface area (Å²) in [6.07, 6.45) is 6.79. The van der Waals surface area contributed by atoms with E-state index in [-0.39, 0.29) is 23.8 Å². The monoisotopic (exact) mass is 572 g/mol. The Labute approximate surface area is 247 Å². The van der Waals surface area contributed by atoms with Crippen LogP contribution in [-0.2, 0) is 15.1 Å². The van der Waals surface area contributed by atoms with Crippen molar-refractivity contribution >= 4 is 17.5 Å². The lowest BCUT2D eigenvalue weighted by Gasteiger charge is -2.49. The highest BCUT2D eigenvalue weighted by molar-refractivity contribution is 5.93. The minimum Gasteiger partial charge on any atom is -0.390 e. The van der Waals surface area contributed by atoms with E-state index in [0.717, 1.165) is 36.8 Å². The first-order chi connectivity index (χ1) is 20.0. The Morgan fingerprint density at radius 2 is 1.76 bits per heavy atom. The van der Waals surface area contributed by atoms with E-state index in [1.54, 1.807) is 19.2 Å². The third-order valence-electron chi connectivity index (χ3n) is 8.96. The number of nitrogens with one attached hydrogen (secondary N) is 1. The molecule has 42 heavy (non-hydrogen) atoms. The SMILES string of the molecule is CCC(=O)N(C)[C@H]1CC[C@H](CC(=O)Nc2cnc(-c3ccc([C@]4(N)C[C@](C)(O)C4)c(F)c3)c(-c3ccccc3)c2)CC1. The Balaban J connectivity index is 1.31. The van der Waals surface area contributed by atoms with Crippen molar-refractivity contribution in [2.24, 2.45) is 11.7 Å². The number of carbonyl (C=O) groups is 2. The maximum absolute atomic E-state index is 15.4. The van der Waals surface area contributed by atoms with Gasteiger partial charge < -0.3 is 21.1 Å². The summed E-state index contributed by atoms with van der Waals surface area (Å²) >= 11 is 0. The molecule has 222 valence electrons. The van der Waals surface area contributed by atoms with Crippen LogP contribution >= 0.6 is 0 Å². The summed E-state index contributed by atoms with van der Waals surface area (Å²) in [5, 5.41) is 13.2. The number of carbonyl (C=O) groups excluding carboxylic acids is 2. The zero-order valence-electron chi connectivity index (χ0n) is 24.7. The van der Waals surface area contributed by atoms with Gasteiger partial charge in [0.15, 0.2) is 0 Å². The number of aliphatic hydroxyl groups is 1. The van der Waals surface area contributed by atoms with Crippen molar-refractivity contribution in [2.75, 3.05) is 12.4 Å². The summed E-state index contributed by atoms with van der Waals surface area (Å²) in [7, 11) is 1.88. The van der Waals surface area contributed by atoms with Crippen LogP contribution in [0.5, 0.6) is 0 Å². The molecule has 0 aliphatic heterocycles. The third kappa shape index (κ3) is 6.40. The van der Waals surface area contributed by atoms with Gasteiger partial charge in [-0.1, -0.05) is 49.4 Å². The zero-order valence-corrected chi connectivity index (χ0v) is 24.7. The third-order valence-corrected chi connectivity index (χ3v) is 8.96. The summed E-state index contributed by atoms with van der Waals surface area (Å²) in [5.41, 5.74) is 8.48. The number of pyridine rings is 1. The molecule has 2 aliphatic rings. The van der Waals surface area contributed by atoms with Gasteiger partial charge in [0.2, 0.25) is 11.8 Å². The van der Waals surface area contributed by atoms with Crippen LogP contribution in [0.2, 0.25) is 0 Å². The molecule has 2 aromatic carbocycles. The normalized spacial score (nSPS) is 25.4. The highest BCUT2D eigenvalue weighted by Gasteiger charge is 2.50. The van der Waals surface area contributed by atoms with Gasteiger partial charge in [-0.2, -0.15) is 0 Å². The molecule has 0 spiro atoms. The van der Waals surface area contributed by atoms with Gasteiger partial charge in [0.05, 0.1) is 23.2 Å². The Kier molecular flexibility index (Phi) is 8.49. The number of nitrogens with two attached hydrogens (primary N) is 1. The predicted octanol–water partition coefficient (Wildman–Crippen LogP) is 6.01. The van der Waals surface area contributed by atoms with Crippen LogP contribution in [0.4, 0.5) is 10.1 Å². The van der Waals surface area contributed by atoms with Crippen LogP contribution in [0.1, 0.15) is 70.8 Å². The second-order valence-corrected chi connectivity index (χ2v) is 12.5. The van der Waals surface area contributed by atoms with Crippen molar-refractivity contribution < 1.29 is 19.1 Å². The van der Waals surface area contributed by atoms with E-state index in [1.807, 2.05) is 61.3 Å². The van der Waals surface area contributed by atoms with Crippen LogP contribution in [0, 0.1) is 11.7 Å². The second kappa shape index (κ2) is 11.9. The lowest BCUT2D eigenvalue weighted by molar-refractivity contribution is -0.132. The lowest BCUT2D eigenvalue weighted by Crippen LogP contribution is -2.58. The Bertz CT molecular complexity index is 1440. The van der Waals surface area contributed by atoms with Gasteiger partial charge in [-0.3, -0.25) is 14.6 Å². The van der Waals surface area contributed by atoms with E-state index < -0.39 is 17.0 Å². The number of hydrogen-bond acceptors (Lipinski definition) is 5. The van der Waals surface area contributed by atoms with E-state index in [9.17, 15) is 14.7 Å². The predicted molar refractivity (Wildman–Crippen MR) is 163 cm³/mol. The zero-order chi connectivity index (χ0) is 30.1. The minimum absolute atomic E-state index is 0.0648. The quantitative estimate of drug-likeness (QED) is 0.306. The van der Waals surface area contributed by atoms with Crippen LogP contribution in [0.3, 0.4) is 0 Å². The Hall–Kier alpha value is -3.62. The molecule has 2 aliphatic carbocycles. The molecule has 8 heteroatoms. The number of nitrogens with zero attached hydrogens (tertiary/aromatic N) is 2. The molecule has 1 aromatic heterocycles. The number of anilines is 1. The maximum atomic E-state index is 15.4. The van der Waals surface area contributed by atoms with E-state index >= 15 is 4.39 Å². The summed E-state index contributed by atoms with van der Waals surface area (Å²) in [5.74, 6) is -0.0523. The smallest absolute Gasteiger partial charge is 0.224 e. The molecular formula is C34H41FN4O3. The van der Waals surface area contributed by atoms with Crippen molar-refractivity contribution in [3.8, 4) is 22.4 Å². The van der Waals surface area contributed by atoms with Crippen molar-refractivity contribution in [3.63, 3.8) is 0 Å². The Morgan fingerprint density at radius 3 is 2.38 bits per heavy atom. The first-order valence-corrected chi connectivity index (χ1v) is 14.9. The van der Waals surface area contributed by atoms with Crippen molar-refractivity contribution in [2.45, 2.75) is 82.4 Å². The number of halogens is 1. The molecular weight excluding hydrogens is 531 g/mol. The molecule has 1 heterocycles. The fraction of sp³-hybridized carbons (Fsp3) is 0.441. The molecule has 3 aromatic rings. The number of rotatable bonds is 8. The molecule has 0 bridgehead atoms. The summed E-state index contributed by atoms with van der Waals surface area (Å²) in [4.78, 5) is 31.6. The fourth-order valence-corrected chi connectivity index (χ4v) is 6.83. The lowest BCUT2D eigenvalue weighted by atomic mass is 9.63. The molecule has 2 amide bonds. The maximum Gasteiger partial charge on any atom is 0.224 e. The number of hydrogen-bond donors (Lipinski definition) is 3. The van der Waals surface area contributed by atoms with Gasteiger partial charge >= 0.3 is 0 Å². The first kappa shape index (κ1) is 29.9. The summed E-state index contributed by atoms with van der Waals surface area (Å²) < 4.78 is 15.4. The van der Waals surface area contributed by atoms with Gasteiger partial charge in [0, 0.05) is 48.2 Å². The standard InChI is InChI=1S/C34H41FN4O3/c1-4-31(41)39(3)26-13-10-22(11-14-26)16-30(40)38-25-18-27(23-8-6-5-7-9-23)32(37-19-25)24-12-15-28(29(35)17-24)34(36)20-33(2,42)21-34/h5-9,12,15,17-19,22,26,42H,4,10-11,13-14,16,20-21,36H2,1-3H3,(H,38,40)/t22-,26-,33-,34-. The van der Waals surface area contributed by atoms with Crippen molar-refractivity contribution in [1.29, 1.82) is 0 Å². The van der Waals surface area contributed by atoms with Crippen LogP contribution in [0.25, 0.3) is 22.4 Å². The van der Waals surface area contributed by atoms with E-state index in [4.69, 9.17) is 5.73 Å². The summed E-state index contributed by atoms with van der Waals surface area (Å²) in [6, 6.07) is 16.8. The highest BCUT2D eigenvalue weighted by Crippen LogP contribution is 2.47. The van der Waals surface area contributed by atoms with Gasteiger partial charge in [-0.15, -0.1) is 0 Å². The largest absolute Gasteiger partial charge is 0.390 e. The molecule has 2 saturated carbocycles. The van der Waals surface area contributed by atoms with Gasteiger partial charge in [-0.05, 0) is 69.1 Å². The molecule has 5 rings (SSSR count). The molecule has 0 unspecified atom stereocenters. The van der Waals surface area contributed by atoms with Gasteiger partial charge in [0.1, 0.15) is 5.82 Å². The average molecular weight is 573 g/mol. The number of benzene rings is 2. The van der Waals surface area contributed by atoms with E-state index in [0.29, 0.717) is 48.2 Å². The molecule has 7 nitrogen and oxygen atoms in total. The van der Waals surface area contributed by atoms with Gasteiger partial charge in [-0.25, -0.2) is 4.39 Å². The topological polar surface area (TPSA) is 109 Å². The molecule has 0 radical (unpaired) electrons. The molecule has 4 N–H and O–H groups in total. The van der Waals surface area contributed by atoms with Gasteiger partial charge in [0.25, 0.3) is 0 Å². The minimum atomic E-state index is -0.891. The fourth-order valence-electron chi connectivity index (χ4n) is 6.83. The molecule has 2 fully saturated rings. The summed E-state index contributed by atoms with van der Waals surface area (Å²) in [6.45, 7) is 3.59. The Morgan fingerprint density at radius 1 is 1.07 bits per heavy atom. The van der Waals surface area contributed by atoms with Crippen LogP contribution in [-0.4, -0.2) is 45.5 Å². The highest BCUT2D eigenvalue weighted by atomic mass is 19.1. The average Bonchev–Trinajstić information content (AvgIpc) is 2.96. The van der Waals surface area contributed by atoms with Crippen LogP contribution in [0.15, 0.2) is 60.8 Å². The number of amides is 2. The van der Waals surface area contributed by atoms with E-state index in [1.165, 1.54) is 6.07 Å². The second-order valence-electron chi connectivity index (χ2n) is 12.5. The molecule has 0 saturated heterocycles. The molecule has 0 atom stereocenters. The number of aromatic nitrogens is 1. The van der Waals surface area contributed by atoms with E-state index in [2.05, 4.69) is 10.3 Å². The van der Waals surface area contributed by atoms with Crippen LogP contribution < -0.4 is 11.1 Å².